The van der Waals surface area contributed by atoms with Crippen LogP contribution in [0.15, 0.2) is 35.7 Å². The zero-order valence-corrected chi connectivity index (χ0v) is 11.7. The predicted molar refractivity (Wildman–Crippen MR) is 71.1 cm³/mol. The lowest BCUT2D eigenvalue weighted by molar-refractivity contribution is -0.125. The number of rotatable bonds is 6. The Morgan fingerprint density at radius 1 is 1.55 bits per heavy atom. The summed E-state index contributed by atoms with van der Waals surface area (Å²) in [6.45, 7) is 3.63. The van der Waals surface area contributed by atoms with E-state index in [4.69, 9.17) is 9.88 Å². The van der Waals surface area contributed by atoms with Crippen LogP contribution in [0.5, 0.6) is 5.75 Å². The van der Waals surface area contributed by atoms with E-state index in [1.807, 2.05) is 0 Å². The second kappa shape index (κ2) is 6.49. The number of carbonyl (C=O) groups is 1. The van der Waals surface area contributed by atoms with E-state index in [0.717, 1.165) is 18.2 Å². The number of primary sulfonamides is 1. The van der Waals surface area contributed by atoms with Crippen molar-refractivity contribution in [2.45, 2.75) is 4.90 Å². The molecule has 0 atom stereocenters. The van der Waals surface area contributed by atoms with Crippen LogP contribution in [0, 0.1) is 5.82 Å². The van der Waals surface area contributed by atoms with Gasteiger partial charge < -0.3 is 9.64 Å². The molecule has 2 N–H and O–H groups in total. The highest BCUT2D eigenvalue weighted by atomic mass is 32.2. The number of amides is 1. The molecule has 0 bridgehead atoms. The smallest absolute Gasteiger partial charge is 0.245 e. The van der Waals surface area contributed by atoms with E-state index >= 15 is 0 Å². The fraction of sp³-hybridized carbons (Fsp3) is 0.250. The number of halogens is 1. The Hall–Kier alpha value is -1.93. The van der Waals surface area contributed by atoms with Crippen molar-refractivity contribution in [1.82, 2.24) is 4.90 Å². The van der Waals surface area contributed by atoms with Crippen molar-refractivity contribution in [3.63, 3.8) is 0 Å². The van der Waals surface area contributed by atoms with Gasteiger partial charge in [0.2, 0.25) is 15.9 Å². The molecule has 1 aromatic rings. The molecule has 1 aromatic carbocycles. The second-order valence-corrected chi connectivity index (χ2v) is 5.51. The topological polar surface area (TPSA) is 89.7 Å². The molecule has 110 valence electrons. The molecule has 0 saturated carbocycles. The highest BCUT2D eigenvalue weighted by Gasteiger charge is 2.12. The quantitative estimate of drug-likeness (QED) is 0.775. The van der Waals surface area contributed by atoms with Gasteiger partial charge in [-0.1, -0.05) is 6.58 Å². The first-order chi connectivity index (χ1) is 9.25. The van der Waals surface area contributed by atoms with E-state index in [0.29, 0.717) is 0 Å². The molecule has 0 aromatic heterocycles. The van der Waals surface area contributed by atoms with E-state index in [1.165, 1.54) is 11.0 Å². The summed E-state index contributed by atoms with van der Waals surface area (Å²) in [6.07, 6.45) is 1.15. The summed E-state index contributed by atoms with van der Waals surface area (Å²) >= 11 is 0. The molecule has 0 heterocycles. The Morgan fingerprint density at radius 2 is 2.20 bits per heavy atom. The number of hydrogen-bond acceptors (Lipinski definition) is 4. The van der Waals surface area contributed by atoms with Crippen LogP contribution in [0.25, 0.3) is 0 Å². The van der Waals surface area contributed by atoms with Gasteiger partial charge in [-0.05, 0) is 24.3 Å². The van der Waals surface area contributed by atoms with E-state index in [1.54, 1.807) is 7.05 Å². The summed E-state index contributed by atoms with van der Waals surface area (Å²) in [5, 5.41) is 4.88. The van der Waals surface area contributed by atoms with Gasteiger partial charge in [-0.2, -0.15) is 0 Å². The Morgan fingerprint density at radius 3 is 2.70 bits per heavy atom. The number of likely N-dealkylation sites (N-methyl/N-ethyl adjacent to an activating group) is 1. The Balaban J connectivity index is 2.66. The first-order valence-corrected chi connectivity index (χ1v) is 7.13. The molecule has 8 heteroatoms. The lowest BCUT2D eigenvalue weighted by Gasteiger charge is -2.15. The molecule has 0 radical (unpaired) electrons. The maximum atomic E-state index is 13.6. The maximum Gasteiger partial charge on any atom is 0.245 e. The molecule has 0 aliphatic rings. The molecule has 0 fully saturated rings. The van der Waals surface area contributed by atoms with Gasteiger partial charge in [0.25, 0.3) is 0 Å². The SMILES string of the molecule is C=CC(=O)N(C)CCOc1ccc(S(N)(=O)=O)cc1F. The van der Waals surface area contributed by atoms with Crippen LogP contribution in [-0.4, -0.2) is 39.4 Å². The third kappa shape index (κ3) is 4.32. The number of benzene rings is 1. The largest absolute Gasteiger partial charge is 0.489 e. The molecule has 1 amide bonds. The van der Waals surface area contributed by atoms with Crippen LogP contribution in [0.3, 0.4) is 0 Å². The summed E-state index contributed by atoms with van der Waals surface area (Å²) in [4.78, 5) is 12.2. The van der Waals surface area contributed by atoms with Crippen molar-refractivity contribution in [2.75, 3.05) is 20.2 Å². The minimum absolute atomic E-state index is 0.0573. The van der Waals surface area contributed by atoms with E-state index < -0.39 is 15.8 Å². The van der Waals surface area contributed by atoms with Gasteiger partial charge in [-0.15, -0.1) is 0 Å². The molecular formula is C12H15FN2O4S. The Labute approximate surface area is 116 Å². The third-order valence-corrected chi connectivity index (χ3v) is 3.38. The van der Waals surface area contributed by atoms with Crippen molar-refractivity contribution >= 4 is 15.9 Å². The molecule has 0 unspecified atom stereocenters. The first kappa shape index (κ1) is 16.1. The van der Waals surface area contributed by atoms with E-state index in [9.17, 15) is 17.6 Å². The van der Waals surface area contributed by atoms with Crippen molar-refractivity contribution in [3.05, 3.63) is 36.7 Å². The standard InChI is InChI=1S/C12H15FN2O4S/c1-3-12(16)15(2)6-7-19-11-5-4-9(8-10(11)13)20(14,17)18/h3-5,8H,1,6-7H2,2H3,(H2,14,17,18). The summed E-state index contributed by atoms with van der Waals surface area (Å²) < 4.78 is 40.8. The highest BCUT2D eigenvalue weighted by molar-refractivity contribution is 7.89. The minimum Gasteiger partial charge on any atom is -0.489 e. The zero-order chi connectivity index (χ0) is 15.3. The van der Waals surface area contributed by atoms with E-state index in [2.05, 4.69) is 6.58 Å². The van der Waals surface area contributed by atoms with Crippen LogP contribution in [-0.2, 0) is 14.8 Å². The second-order valence-electron chi connectivity index (χ2n) is 3.95. The average Bonchev–Trinajstić information content (AvgIpc) is 2.38. The van der Waals surface area contributed by atoms with Crippen molar-refractivity contribution in [2.24, 2.45) is 5.14 Å². The molecular weight excluding hydrogens is 287 g/mol. The van der Waals surface area contributed by atoms with Crippen LogP contribution in [0.4, 0.5) is 4.39 Å². The molecule has 1 rings (SSSR count). The normalized spacial score (nSPS) is 10.9. The van der Waals surface area contributed by atoms with Crippen LogP contribution < -0.4 is 9.88 Å². The number of hydrogen-bond donors (Lipinski definition) is 1. The van der Waals surface area contributed by atoms with Gasteiger partial charge >= 0.3 is 0 Å². The average molecular weight is 302 g/mol. The molecule has 0 aliphatic heterocycles. The lowest BCUT2D eigenvalue weighted by Crippen LogP contribution is -2.29. The van der Waals surface area contributed by atoms with Gasteiger partial charge in [0.15, 0.2) is 11.6 Å². The zero-order valence-electron chi connectivity index (χ0n) is 10.9. The summed E-state index contributed by atoms with van der Waals surface area (Å²) in [7, 11) is -2.40. The van der Waals surface area contributed by atoms with Gasteiger partial charge in [0.1, 0.15) is 6.61 Å². The highest BCUT2D eigenvalue weighted by Crippen LogP contribution is 2.20. The van der Waals surface area contributed by atoms with Gasteiger partial charge in [-0.25, -0.2) is 17.9 Å². The Bertz CT molecular complexity index is 616. The van der Waals surface area contributed by atoms with Gasteiger partial charge in [0, 0.05) is 7.05 Å². The third-order valence-electron chi connectivity index (χ3n) is 2.47. The summed E-state index contributed by atoms with van der Waals surface area (Å²) in [5.41, 5.74) is 0. The molecule has 20 heavy (non-hydrogen) atoms. The van der Waals surface area contributed by atoms with Crippen LogP contribution >= 0.6 is 0 Å². The molecule has 6 nitrogen and oxygen atoms in total. The van der Waals surface area contributed by atoms with Gasteiger partial charge in [0.05, 0.1) is 11.4 Å². The van der Waals surface area contributed by atoms with Gasteiger partial charge in [-0.3, -0.25) is 4.79 Å². The molecule has 0 saturated heterocycles. The van der Waals surface area contributed by atoms with Crippen molar-refractivity contribution in [1.29, 1.82) is 0 Å². The number of nitrogens with two attached hydrogens (primary N) is 1. The fourth-order valence-electron chi connectivity index (χ4n) is 1.33. The van der Waals surface area contributed by atoms with Crippen LogP contribution in [0.2, 0.25) is 0 Å². The number of sulfonamides is 1. The number of nitrogens with zero attached hydrogens (tertiary/aromatic N) is 1. The summed E-state index contributed by atoms with van der Waals surface area (Å²) in [6, 6.07) is 3.10. The van der Waals surface area contributed by atoms with Crippen molar-refractivity contribution < 1.29 is 22.3 Å². The monoisotopic (exact) mass is 302 g/mol. The fourth-order valence-corrected chi connectivity index (χ4v) is 1.86. The first-order valence-electron chi connectivity index (χ1n) is 5.58. The lowest BCUT2D eigenvalue weighted by atomic mass is 10.3. The number of carbonyl (C=O) groups excluding carboxylic acids is 1. The predicted octanol–water partition coefficient (Wildman–Crippen LogP) is 0.496. The molecule has 0 aliphatic carbocycles. The van der Waals surface area contributed by atoms with Crippen LogP contribution in [0.1, 0.15) is 0 Å². The Kier molecular flexibility index (Phi) is 5.23. The van der Waals surface area contributed by atoms with Crippen molar-refractivity contribution in [3.8, 4) is 5.75 Å². The minimum atomic E-state index is -3.95. The van der Waals surface area contributed by atoms with E-state index in [-0.39, 0.29) is 29.7 Å². The molecule has 0 spiro atoms. The number of ether oxygens (including phenoxy) is 1. The maximum absolute atomic E-state index is 13.6. The summed E-state index contributed by atoms with van der Waals surface area (Å²) in [5.74, 6) is -1.23.